The minimum Gasteiger partial charge on any atom is -0.456 e. The molecule has 0 saturated heterocycles. The van der Waals surface area contributed by atoms with Crippen LogP contribution in [0.5, 0.6) is 0 Å². The molecule has 1 aromatic heterocycles. The number of hydrogen-bond acceptors (Lipinski definition) is 7. The molecular formula is C26H34Cl2N4O5. The molecule has 0 fully saturated rings. The second-order valence-corrected chi connectivity index (χ2v) is 8.38. The summed E-state index contributed by atoms with van der Waals surface area (Å²) in [6.45, 7) is 6.39. The van der Waals surface area contributed by atoms with Gasteiger partial charge in [0.2, 0.25) is 0 Å². The fourth-order valence-corrected chi connectivity index (χ4v) is 4.38. The number of furan rings is 1. The summed E-state index contributed by atoms with van der Waals surface area (Å²) >= 11 is 0. The summed E-state index contributed by atoms with van der Waals surface area (Å²) in [4.78, 5) is 12.9. The molecule has 0 amide bonds. The molecule has 0 spiro atoms. The summed E-state index contributed by atoms with van der Waals surface area (Å²) in [5, 5.41) is 19.9. The number of amidine groups is 2. The molecule has 202 valence electrons. The van der Waals surface area contributed by atoms with E-state index in [2.05, 4.69) is 9.98 Å². The van der Waals surface area contributed by atoms with Crippen LogP contribution < -0.4 is 0 Å². The van der Waals surface area contributed by atoms with Gasteiger partial charge in [0.1, 0.15) is 35.6 Å². The highest BCUT2D eigenvalue weighted by molar-refractivity contribution is 6.00. The van der Waals surface area contributed by atoms with Crippen molar-refractivity contribution in [3.05, 3.63) is 71.8 Å². The Kier molecular flexibility index (Phi) is 11.8. The van der Waals surface area contributed by atoms with Crippen molar-refractivity contribution in [2.45, 2.75) is 26.3 Å². The van der Waals surface area contributed by atoms with E-state index in [1.807, 2.05) is 70.5 Å². The van der Waals surface area contributed by atoms with Crippen LogP contribution in [0.1, 0.15) is 25.0 Å². The molecule has 37 heavy (non-hydrogen) atoms. The van der Waals surface area contributed by atoms with E-state index in [0.717, 1.165) is 58.5 Å². The summed E-state index contributed by atoms with van der Waals surface area (Å²) in [5.74, 6) is 3.25. The van der Waals surface area contributed by atoms with Gasteiger partial charge in [-0.3, -0.25) is 9.98 Å². The number of aliphatic imine (C=N–C) groups is 2. The maximum Gasteiger partial charge on any atom is 0.134 e. The third-order valence-corrected chi connectivity index (χ3v) is 6.11. The lowest BCUT2D eigenvalue weighted by Crippen LogP contribution is -2.36. The van der Waals surface area contributed by atoms with Crippen molar-refractivity contribution in [3.63, 3.8) is 0 Å². The Morgan fingerprint density at radius 2 is 0.946 bits per heavy atom. The van der Waals surface area contributed by atoms with E-state index in [-0.39, 0.29) is 35.8 Å². The van der Waals surface area contributed by atoms with E-state index in [4.69, 9.17) is 4.42 Å². The first-order valence-corrected chi connectivity index (χ1v) is 11.3. The Bertz CT molecular complexity index is 1100. The molecule has 6 N–H and O–H groups in total. The minimum atomic E-state index is -0.555. The Hall–Kier alpha value is -2.92. The van der Waals surface area contributed by atoms with Crippen molar-refractivity contribution in [1.82, 2.24) is 9.80 Å². The Labute approximate surface area is 228 Å². The van der Waals surface area contributed by atoms with E-state index >= 15 is 0 Å². The minimum absolute atomic E-state index is 0. The molecule has 11 heteroatoms. The number of halogens is 2. The predicted molar refractivity (Wildman–Crippen MR) is 151 cm³/mol. The number of nitrogens with zero attached hydrogens (tertiary/aromatic N) is 4. The van der Waals surface area contributed by atoms with Crippen molar-refractivity contribution >= 4 is 36.5 Å². The zero-order valence-corrected chi connectivity index (χ0v) is 22.3. The van der Waals surface area contributed by atoms with Gasteiger partial charge in [0.15, 0.2) is 0 Å². The number of aliphatic hydroxyl groups is 2. The number of hydrogen-bond donors (Lipinski definition) is 2. The first-order valence-electron chi connectivity index (χ1n) is 11.3. The van der Waals surface area contributed by atoms with Crippen LogP contribution in [0.25, 0.3) is 22.6 Å². The van der Waals surface area contributed by atoms with Gasteiger partial charge in [0.05, 0.1) is 13.1 Å². The highest BCUT2D eigenvalue weighted by atomic mass is 35.5. The molecule has 0 radical (unpaired) electrons. The van der Waals surface area contributed by atoms with Gasteiger partial charge >= 0.3 is 0 Å². The average Bonchev–Trinajstić information content (AvgIpc) is 3.60. The fourth-order valence-electron chi connectivity index (χ4n) is 4.38. The summed E-state index contributed by atoms with van der Waals surface area (Å²) < 4.78 is 6.14. The zero-order valence-electron chi connectivity index (χ0n) is 20.7. The van der Waals surface area contributed by atoms with Crippen LogP contribution in [0.3, 0.4) is 0 Å². The molecule has 5 rings (SSSR count). The summed E-state index contributed by atoms with van der Waals surface area (Å²) in [7, 11) is 0. The maximum atomic E-state index is 9.95. The monoisotopic (exact) mass is 552 g/mol. The van der Waals surface area contributed by atoms with Gasteiger partial charge in [-0.15, -0.1) is 24.8 Å². The lowest BCUT2D eigenvalue weighted by atomic mass is 10.1. The van der Waals surface area contributed by atoms with Gasteiger partial charge in [0, 0.05) is 35.3 Å². The van der Waals surface area contributed by atoms with Crippen molar-refractivity contribution in [2.75, 3.05) is 26.2 Å². The van der Waals surface area contributed by atoms with E-state index in [0.29, 0.717) is 13.1 Å². The van der Waals surface area contributed by atoms with Crippen LogP contribution in [0.4, 0.5) is 0 Å². The zero-order chi connectivity index (χ0) is 22.9. The topological polar surface area (TPSA) is 148 Å². The lowest BCUT2D eigenvalue weighted by molar-refractivity contribution is 0.0781. The van der Waals surface area contributed by atoms with Crippen molar-refractivity contribution in [3.8, 4) is 22.6 Å². The first-order chi connectivity index (χ1) is 16.0. The standard InChI is InChI=1S/C26H28N4O3.2ClH.2H2O/c1-17(31)29-15-13-27-25(29)21-7-3-19(4-8-21)23-11-12-24(33-23)20-5-9-22(10-6-20)26-28-14-16-30(26)18(2)32;;;;/h3-12,17-18,31-32H,13-16H2,1-2H3;2*1H;2*1H2. The maximum absolute atomic E-state index is 9.95. The van der Waals surface area contributed by atoms with Crippen LogP contribution in [-0.4, -0.2) is 81.3 Å². The molecule has 0 saturated carbocycles. The molecule has 2 unspecified atom stereocenters. The third-order valence-electron chi connectivity index (χ3n) is 6.11. The molecule has 0 aliphatic carbocycles. The molecule has 3 aromatic rings. The highest BCUT2D eigenvalue weighted by Gasteiger charge is 2.23. The third kappa shape index (κ3) is 6.51. The van der Waals surface area contributed by atoms with E-state index in [1.54, 1.807) is 13.8 Å². The second-order valence-electron chi connectivity index (χ2n) is 8.38. The predicted octanol–water partition coefficient (Wildman–Crippen LogP) is 2.61. The first kappa shape index (κ1) is 32.1. The normalized spacial score (nSPS) is 15.9. The van der Waals surface area contributed by atoms with E-state index in [9.17, 15) is 10.2 Å². The highest BCUT2D eigenvalue weighted by Crippen LogP contribution is 2.29. The SMILES string of the molecule is CC(O)N1CCN=C1c1ccc(-c2ccc(-c3ccc(C4=NCCN4C(C)O)cc3)o2)cc1.Cl.Cl.O.O. The lowest BCUT2D eigenvalue weighted by Gasteiger charge is -2.23. The molecule has 2 aliphatic heterocycles. The van der Waals surface area contributed by atoms with E-state index < -0.39 is 12.5 Å². The summed E-state index contributed by atoms with van der Waals surface area (Å²) in [6, 6.07) is 20.1. The number of aliphatic hydroxyl groups excluding tert-OH is 2. The smallest absolute Gasteiger partial charge is 0.134 e. The summed E-state index contributed by atoms with van der Waals surface area (Å²) in [5.41, 5.74) is 3.94. The fraction of sp³-hybridized carbons (Fsp3) is 0.308. The van der Waals surface area contributed by atoms with Gasteiger partial charge in [-0.05, 0) is 26.0 Å². The number of benzene rings is 2. The molecular weight excluding hydrogens is 519 g/mol. The van der Waals surface area contributed by atoms with Gasteiger partial charge in [0.25, 0.3) is 0 Å². The average molecular weight is 553 g/mol. The Morgan fingerprint density at radius 1 is 0.622 bits per heavy atom. The largest absolute Gasteiger partial charge is 0.456 e. The van der Waals surface area contributed by atoms with E-state index in [1.165, 1.54) is 0 Å². The molecule has 9 nitrogen and oxygen atoms in total. The van der Waals surface area contributed by atoms with Gasteiger partial charge in [-0.1, -0.05) is 48.5 Å². The molecule has 0 bridgehead atoms. The van der Waals surface area contributed by atoms with Crippen molar-refractivity contribution in [2.24, 2.45) is 9.98 Å². The van der Waals surface area contributed by atoms with Gasteiger partial charge in [-0.25, -0.2) is 0 Å². The van der Waals surface area contributed by atoms with Crippen LogP contribution in [0.15, 0.2) is 75.1 Å². The number of rotatable bonds is 6. The molecule has 2 atom stereocenters. The van der Waals surface area contributed by atoms with Crippen LogP contribution >= 0.6 is 24.8 Å². The van der Waals surface area contributed by atoms with Gasteiger partial charge in [-0.2, -0.15) is 0 Å². The van der Waals surface area contributed by atoms with Crippen LogP contribution in [0.2, 0.25) is 0 Å². The Balaban J connectivity index is 0.00000171. The van der Waals surface area contributed by atoms with Crippen molar-refractivity contribution in [1.29, 1.82) is 0 Å². The molecule has 2 aromatic carbocycles. The second kappa shape index (κ2) is 13.6. The van der Waals surface area contributed by atoms with Gasteiger partial charge < -0.3 is 35.4 Å². The van der Waals surface area contributed by atoms with Crippen LogP contribution in [0, 0.1) is 0 Å². The molecule has 2 aliphatic rings. The summed E-state index contributed by atoms with van der Waals surface area (Å²) in [6.07, 6.45) is -1.11. The molecule has 3 heterocycles. The quantitative estimate of drug-likeness (QED) is 0.482. The Morgan fingerprint density at radius 3 is 1.27 bits per heavy atom. The van der Waals surface area contributed by atoms with Crippen molar-refractivity contribution < 1.29 is 25.6 Å². The van der Waals surface area contributed by atoms with Crippen LogP contribution in [-0.2, 0) is 0 Å².